The van der Waals surface area contributed by atoms with Crippen molar-refractivity contribution in [3.63, 3.8) is 0 Å². The standard InChI is InChI=1S/C59H59BN2O/c1-36-31-50-55-51(32-36)62(41-25-26-44-45(35-41)59(10,11)30-29-58(44,8)9)48-28-22-38(56(2,3)4)33-47(48)60(55)46-27-21-39(57(5,6)7)34-49(46)61(50)40-23-19-37(20-24-40)42-16-14-18-53-54(42)43-15-12-13-17-52(43)63-53/h12-28,31-35H,29-30H2,1-11H3. The molecule has 2 aliphatic heterocycles. The monoisotopic (exact) mass is 822 g/mol. The van der Waals surface area contributed by atoms with Crippen LogP contribution in [0.4, 0.5) is 34.1 Å². The first-order chi connectivity index (χ1) is 29.9. The number of benzene rings is 7. The Balaban J connectivity index is 1.16. The van der Waals surface area contributed by atoms with Gasteiger partial charge in [-0.2, -0.15) is 0 Å². The lowest BCUT2D eigenvalue weighted by molar-refractivity contribution is 0.332. The summed E-state index contributed by atoms with van der Waals surface area (Å²) in [6, 6.07) is 51.1. The highest BCUT2D eigenvalue weighted by atomic mass is 16.3. The number of furan rings is 1. The fourth-order valence-electron chi connectivity index (χ4n) is 11.1. The molecule has 0 fully saturated rings. The minimum absolute atomic E-state index is 0.00782. The maximum atomic E-state index is 6.32. The average molecular weight is 823 g/mol. The van der Waals surface area contributed by atoms with Crippen LogP contribution in [0.3, 0.4) is 0 Å². The molecule has 0 spiro atoms. The molecular weight excluding hydrogens is 763 g/mol. The molecule has 0 bridgehead atoms. The third-order valence-electron chi connectivity index (χ3n) is 14.9. The van der Waals surface area contributed by atoms with Crippen LogP contribution >= 0.6 is 0 Å². The fourth-order valence-corrected chi connectivity index (χ4v) is 11.1. The summed E-state index contributed by atoms with van der Waals surface area (Å²) in [6.07, 6.45) is 2.38. The van der Waals surface area contributed by atoms with Crippen LogP contribution in [0.1, 0.15) is 110 Å². The molecule has 0 N–H and O–H groups in total. The zero-order chi connectivity index (χ0) is 44.0. The molecule has 0 saturated carbocycles. The lowest BCUT2D eigenvalue weighted by Gasteiger charge is -2.46. The molecule has 0 saturated heterocycles. The van der Waals surface area contributed by atoms with Crippen molar-refractivity contribution in [2.45, 2.75) is 111 Å². The molecule has 4 heteroatoms. The van der Waals surface area contributed by atoms with Crippen LogP contribution in [0.2, 0.25) is 0 Å². The van der Waals surface area contributed by atoms with Gasteiger partial charge in [0, 0.05) is 44.9 Å². The third kappa shape index (κ3) is 6.15. The summed E-state index contributed by atoms with van der Waals surface area (Å²) in [5.74, 6) is 0. The number of nitrogens with zero attached hydrogens (tertiary/aromatic N) is 2. The van der Waals surface area contributed by atoms with Crippen molar-refractivity contribution in [3.05, 3.63) is 161 Å². The zero-order valence-electron chi connectivity index (χ0n) is 39.0. The first-order valence-electron chi connectivity index (χ1n) is 23.1. The van der Waals surface area contributed by atoms with Gasteiger partial charge in [-0.05, 0) is 157 Å². The molecule has 314 valence electrons. The van der Waals surface area contributed by atoms with Crippen molar-refractivity contribution in [3.8, 4) is 11.1 Å². The van der Waals surface area contributed by atoms with E-state index < -0.39 is 0 Å². The van der Waals surface area contributed by atoms with Crippen molar-refractivity contribution in [1.82, 2.24) is 0 Å². The van der Waals surface area contributed by atoms with Gasteiger partial charge in [0.2, 0.25) is 0 Å². The molecule has 3 aliphatic rings. The van der Waals surface area contributed by atoms with Crippen LogP contribution < -0.4 is 26.2 Å². The Hall–Kier alpha value is -6.00. The van der Waals surface area contributed by atoms with Gasteiger partial charge in [0.15, 0.2) is 0 Å². The molecule has 0 radical (unpaired) electrons. The van der Waals surface area contributed by atoms with Gasteiger partial charge in [0.05, 0.1) is 0 Å². The highest BCUT2D eigenvalue weighted by Crippen LogP contribution is 2.50. The smallest absolute Gasteiger partial charge is 0.252 e. The molecule has 1 aromatic heterocycles. The molecule has 1 aliphatic carbocycles. The third-order valence-corrected chi connectivity index (χ3v) is 14.9. The van der Waals surface area contributed by atoms with Gasteiger partial charge in [-0.25, -0.2) is 0 Å². The fraction of sp³-hybridized carbons (Fsp3) is 0.288. The number of fused-ring (bicyclic) bond motifs is 8. The Morgan fingerprint density at radius 3 is 1.86 bits per heavy atom. The van der Waals surface area contributed by atoms with Gasteiger partial charge in [-0.3, -0.25) is 0 Å². The van der Waals surface area contributed by atoms with Crippen LogP contribution in [0.15, 0.2) is 138 Å². The van der Waals surface area contributed by atoms with Crippen molar-refractivity contribution in [2.75, 3.05) is 9.80 Å². The van der Waals surface area contributed by atoms with E-state index in [4.69, 9.17) is 4.42 Å². The van der Waals surface area contributed by atoms with Crippen LogP contribution in [0.5, 0.6) is 0 Å². The summed E-state index contributed by atoms with van der Waals surface area (Å²) in [5.41, 5.74) is 22.8. The topological polar surface area (TPSA) is 19.6 Å². The highest BCUT2D eigenvalue weighted by molar-refractivity contribution is 7.00. The van der Waals surface area contributed by atoms with Gasteiger partial charge in [-0.1, -0.05) is 142 Å². The minimum Gasteiger partial charge on any atom is -0.456 e. The summed E-state index contributed by atoms with van der Waals surface area (Å²) in [7, 11) is 0. The molecule has 8 aromatic rings. The molecule has 0 atom stereocenters. The molecule has 11 rings (SSSR count). The summed E-state index contributed by atoms with van der Waals surface area (Å²) < 4.78 is 6.32. The normalized spacial score (nSPS) is 16.2. The first kappa shape index (κ1) is 39.8. The van der Waals surface area contributed by atoms with Crippen LogP contribution in [-0.2, 0) is 21.7 Å². The molecule has 0 amide bonds. The van der Waals surface area contributed by atoms with Gasteiger partial charge in [0.25, 0.3) is 6.71 Å². The number of anilines is 6. The second kappa shape index (κ2) is 13.5. The van der Waals surface area contributed by atoms with E-state index in [0.29, 0.717) is 0 Å². The van der Waals surface area contributed by atoms with Crippen molar-refractivity contribution < 1.29 is 4.42 Å². The lowest BCUT2D eigenvalue weighted by atomic mass is 9.33. The zero-order valence-corrected chi connectivity index (χ0v) is 39.0. The Morgan fingerprint density at radius 1 is 0.524 bits per heavy atom. The minimum atomic E-state index is -0.0237. The van der Waals surface area contributed by atoms with Gasteiger partial charge in [-0.15, -0.1) is 0 Å². The Labute approximate surface area is 374 Å². The summed E-state index contributed by atoms with van der Waals surface area (Å²) in [4.78, 5) is 5.17. The molecular formula is C59H59BN2O. The second-order valence-corrected chi connectivity index (χ2v) is 22.2. The Morgan fingerprint density at radius 2 is 1.14 bits per heavy atom. The maximum absolute atomic E-state index is 6.32. The van der Waals surface area contributed by atoms with Crippen LogP contribution in [0.25, 0.3) is 33.1 Å². The van der Waals surface area contributed by atoms with Gasteiger partial charge in [0.1, 0.15) is 11.2 Å². The SMILES string of the molecule is Cc1cc2c3c(c1)N(c1ccc(-c4cccc5oc6ccccc6c45)cc1)c1cc(C(C)(C)C)ccc1B3c1cc(C(C)(C)C)ccc1N2c1ccc2c(c1)C(C)(C)CCC2(C)C. The molecule has 3 heterocycles. The predicted molar refractivity (Wildman–Crippen MR) is 271 cm³/mol. The summed E-state index contributed by atoms with van der Waals surface area (Å²) >= 11 is 0. The van der Waals surface area contributed by atoms with Gasteiger partial charge >= 0.3 is 0 Å². The average Bonchev–Trinajstić information content (AvgIpc) is 3.63. The molecule has 63 heavy (non-hydrogen) atoms. The number of hydrogen-bond acceptors (Lipinski definition) is 3. The van der Waals surface area contributed by atoms with E-state index in [-0.39, 0.29) is 28.4 Å². The lowest BCUT2D eigenvalue weighted by Crippen LogP contribution is -2.61. The molecule has 0 unspecified atom stereocenters. The molecule has 7 aromatic carbocycles. The first-order valence-corrected chi connectivity index (χ1v) is 23.1. The van der Waals surface area contributed by atoms with E-state index in [2.05, 4.69) is 213 Å². The number of hydrogen-bond donors (Lipinski definition) is 0. The van der Waals surface area contributed by atoms with E-state index >= 15 is 0 Å². The van der Waals surface area contributed by atoms with Crippen LogP contribution in [-0.4, -0.2) is 6.71 Å². The Bertz CT molecular complexity index is 3170. The van der Waals surface area contributed by atoms with E-state index in [1.807, 2.05) is 6.07 Å². The van der Waals surface area contributed by atoms with E-state index in [0.717, 1.165) is 27.6 Å². The number of para-hydroxylation sites is 1. The largest absolute Gasteiger partial charge is 0.456 e. The van der Waals surface area contributed by atoms with Crippen LogP contribution in [0, 0.1) is 6.92 Å². The highest BCUT2D eigenvalue weighted by Gasteiger charge is 2.45. The van der Waals surface area contributed by atoms with Crippen molar-refractivity contribution in [1.29, 1.82) is 0 Å². The van der Waals surface area contributed by atoms with E-state index in [9.17, 15) is 0 Å². The Kier molecular flexibility index (Phi) is 8.54. The summed E-state index contributed by atoms with van der Waals surface area (Å²) in [5, 5.41) is 2.31. The predicted octanol–water partition coefficient (Wildman–Crippen LogP) is 14.6. The van der Waals surface area contributed by atoms with E-state index in [1.165, 1.54) is 96.6 Å². The van der Waals surface area contributed by atoms with E-state index in [1.54, 1.807) is 0 Å². The maximum Gasteiger partial charge on any atom is 0.252 e. The summed E-state index contributed by atoms with van der Waals surface area (Å²) in [6.45, 7) is 26.1. The van der Waals surface area contributed by atoms with Crippen molar-refractivity contribution in [2.24, 2.45) is 0 Å². The molecule has 3 nitrogen and oxygen atoms in total. The number of aryl methyl sites for hydroxylation is 1. The quantitative estimate of drug-likeness (QED) is 0.166. The second-order valence-electron chi connectivity index (χ2n) is 22.2. The number of rotatable bonds is 3. The van der Waals surface area contributed by atoms with Crippen molar-refractivity contribution >= 4 is 79.2 Å². The van der Waals surface area contributed by atoms with Gasteiger partial charge < -0.3 is 14.2 Å².